The fraction of sp³-hybridized carbons (Fsp3) is 0.167. The largest absolute Gasteiger partial charge is 0.366 e. The van der Waals surface area contributed by atoms with Crippen molar-refractivity contribution in [3.63, 3.8) is 0 Å². The monoisotopic (exact) mass is 354 g/mol. The van der Waals surface area contributed by atoms with E-state index in [-0.39, 0.29) is 5.91 Å². The second kappa shape index (κ2) is 6.52. The number of benzene rings is 1. The molecule has 0 spiro atoms. The molecule has 0 saturated heterocycles. The summed E-state index contributed by atoms with van der Waals surface area (Å²) in [6, 6.07) is 5.05. The number of thiazole rings is 1. The number of aryl methyl sites for hydroxylation is 2. The molecular weight excluding hydrogens is 336 g/mol. The minimum Gasteiger partial charge on any atom is -0.366 e. The first-order valence-corrected chi connectivity index (χ1v) is 8.52. The van der Waals surface area contributed by atoms with Crippen LogP contribution in [0.25, 0.3) is 11.0 Å². The normalized spacial score (nSPS) is 11.3. The first-order valence-electron chi connectivity index (χ1n) is 7.70. The molecule has 25 heavy (non-hydrogen) atoms. The molecule has 0 bridgehead atoms. The molecule has 3 aromatic rings. The molecule has 0 atom stereocenters. The number of nitrogens with one attached hydrogen (secondary N) is 1. The summed E-state index contributed by atoms with van der Waals surface area (Å²) < 4.78 is 1.97. The van der Waals surface area contributed by atoms with E-state index in [1.165, 1.54) is 6.08 Å². The highest BCUT2D eigenvalue weighted by molar-refractivity contribution is 7.17. The third-order valence-electron chi connectivity index (χ3n) is 3.91. The van der Waals surface area contributed by atoms with Crippen molar-refractivity contribution >= 4 is 39.9 Å². The average Bonchev–Trinajstić information content (AvgIpc) is 3.02. The number of aromatic nitrogens is 2. The van der Waals surface area contributed by atoms with Crippen molar-refractivity contribution in [2.24, 2.45) is 5.73 Å². The molecule has 7 heteroatoms. The molecule has 3 N–H and O–H groups in total. The van der Waals surface area contributed by atoms with E-state index < -0.39 is 5.91 Å². The Bertz CT molecular complexity index is 1010. The van der Waals surface area contributed by atoms with Gasteiger partial charge in [0.15, 0.2) is 4.96 Å². The van der Waals surface area contributed by atoms with Crippen LogP contribution in [0, 0.1) is 20.8 Å². The summed E-state index contributed by atoms with van der Waals surface area (Å²) in [6.07, 6.45) is 5.20. The first kappa shape index (κ1) is 16.9. The van der Waals surface area contributed by atoms with Crippen molar-refractivity contribution in [3.05, 3.63) is 57.9 Å². The van der Waals surface area contributed by atoms with Crippen molar-refractivity contribution in [1.29, 1.82) is 0 Å². The number of nitrogens with two attached hydrogens (primary N) is 1. The molecule has 0 aliphatic heterocycles. The highest BCUT2D eigenvalue weighted by Crippen LogP contribution is 2.22. The summed E-state index contributed by atoms with van der Waals surface area (Å²) in [5.74, 6) is -0.805. The number of hydrogen-bond acceptors (Lipinski definition) is 4. The maximum atomic E-state index is 12.3. The lowest BCUT2D eigenvalue weighted by molar-refractivity contribution is -0.111. The van der Waals surface area contributed by atoms with Gasteiger partial charge in [0.05, 0.1) is 11.4 Å². The lowest BCUT2D eigenvalue weighted by Crippen LogP contribution is -2.15. The highest BCUT2D eigenvalue weighted by Gasteiger charge is 2.11. The summed E-state index contributed by atoms with van der Waals surface area (Å²) >= 11 is 1.60. The minimum atomic E-state index is -0.519. The second-order valence-electron chi connectivity index (χ2n) is 5.74. The van der Waals surface area contributed by atoms with Crippen molar-refractivity contribution in [2.75, 3.05) is 5.32 Å². The van der Waals surface area contributed by atoms with Crippen LogP contribution in [0.5, 0.6) is 0 Å². The number of anilines is 1. The fourth-order valence-electron chi connectivity index (χ4n) is 2.65. The Morgan fingerprint density at radius 3 is 2.76 bits per heavy atom. The van der Waals surface area contributed by atoms with Gasteiger partial charge < -0.3 is 11.1 Å². The lowest BCUT2D eigenvalue weighted by atomic mass is 10.1. The molecule has 3 rings (SSSR count). The Morgan fingerprint density at radius 1 is 1.28 bits per heavy atom. The number of primary amides is 1. The molecule has 0 unspecified atom stereocenters. The van der Waals surface area contributed by atoms with Gasteiger partial charge in [0.1, 0.15) is 0 Å². The van der Waals surface area contributed by atoms with Crippen LogP contribution in [0.15, 0.2) is 30.5 Å². The van der Waals surface area contributed by atoms with Gasteiger partial charge in [-0.15, -0.1) is 11.3 Å². The number of fused-ring (bicyclic) bond motifs is 1. The number of hydrogen-bond donors (Lipinski definition) is 2. The van der Waals surface area contributed by atoms with Gasteiger partial charge in [-0.05, 0) is 44.5 Å². The SMILES string of the molecule is Cc1cn2c(/C=C\C(=O)Nc3cccc(C(N)=O)c3C)c(C)nc2s1. The topological polar surface area (TPSA) is 89.5 Å². The Hall–Kier alpha value is -2.93. The summed E-state index contributed by atoms with van der Waals surface area (Å²) in [5.41, 5.74) is 8.67. The maximum Gasteiger partial charge on any atom is 0.249 e. The molecule has 2 aromatic heterocycles. The van der Waals surface area contributed by atoms with E-state index in [1.54, 1.807) is 42.5 Å². The minimum absolute atomic E-state index is 0.286. The Balaban J connectivity index is 1.83. The molecule has 128 valence electrons. The Kier molecular flexibility index (Phi) is 4.41. The predicted octanol–water partition coefficient (Wildman–Crippen LogP) is 3.07. The molecule has 0 saturated carbocycles. The zero-order valence-electron chi connectivity index (χ0n) is 14.2. The molecule has 6 nitrogen and oxygen atoms in total. The van der Waals surface area contributed by atoms with Crippen LogP contribution in [0.3, 0.4) is 0 Å². The first-order chi connectivity index (χ1) is 11.9. The lowest BCUT2D eigenvalue weighted by Gasteiger charge is -2.09. The number of rotatable bonds is 4. The van der Waals surface area contributed by atoms with Crippen LogP contribution < -0.4 is 11.1 Å². The zero-order valence-corrected chi connectivity index (χ0v) is 15.0. The van der Waals surface area contributed by atoms with Gasteiger partial charge in [0, 0.05) is 28.4 Å². The quantitative estimate of drug-likeness (QED) is 0.706. The molecular formula is C18H18N4O2S. The zero-order chi connectivity index (χ0) is 18.1. The third kappa shape index (κ3) is 3.32. The van der Waals surface area contributed by atoms with Crippen molar-refractivity contribution in [3.8, 4) is 0 Å². The number of imidazole rings is 1. The van der Waals surface area contributed by atoms with Gasteiger partial charge in [0.25, 0.3) is 0 Å². The van der Waals surface area contributed by atoms with E-state index in [0.717, 1.165) is 21.2 Å². The fourth-order valence-corrected chi connectivity index (χ4v) is 3.53. The van der Waals surface area contributed by atoms with Gasteiger partial charge in [-0.3, -0.25) is 14.0 Å². The number of nitrogens with zero attached hydrogens (tertiary/aromatic N) is 2. The summed E-state index contributed by atoms with van der Waals surface area (Å²) in [7, 11) is 0. The van der Waals surface area contributed by atoms with E-state index in [0.29, 0.717) is 16.8 Å². The molecule has 0 aliphatic rings. The molecule has 0 fully saturated rings. The van der Waals surface area contributed by atoms with Crippen LogP contribution in [0.1, 0.15) is 32.2 Å². The summed E-state index contributed by atoms with van der Waals surface area (Å²) in [5, 5.41) is 2.78. The van der Waals surface area contributed by atoms with Gasteiger partial charge in [-0.25, -0.2) is 4.98 Å². The van der Waals surface area contributed by atoms with Crippen LogP contribution >= 0.6 is 11.3 Å². The number of amides is 2. The van der Waals surface area contributed by atoms with Crippen LogP contribution in [-0.4, -0.2) is 21.2 Å². The van der Waals surface area contributed by atoms with Crippen LogP contribution in [0.2, 0.25) is 0 Å². The van der Waals surface area contributed by atoms with E-state index in [9.17, 15) is 9.59 Å². The average molecular weight is 354 g/mol. The van der Waals surface area contributed by atoms with Crippen molar-refractivity contribution < 1.29 is 9.59 Å². The number of carbonyl (C=O) groups excluding carboxylic acids is 2. The molecule has 0 aliphatic carbocycles. The summed E-state index contributed by atoms with van der Waals surface area (Å²) in [4.78, 5) is 30.2. The Morgan fingerprint density at radius 2 is 2.04 bits per heavy atom. The van der Waals surface area contributed by atoms with Crippen molar-refractivity contribution in [2.45, 2.75) is 20.8 Å². The molecule has 2 amide bonds. The van der Waals surface area contributed by atoms with Gasteiger partial charge in [0.2, 0.25) is 11.8 Å². The van der Waals surface area contributed by atoms with E-state index >= 15 is 0 Å². The highest BCUT2D eigenvalue weighted by atomic mass is 32.1. The Labute approximate surface area is 149 Å². The molecule has 0 radical (unpaired) electrons. The van der Waals surface area contributed by atoms with E-state index in [2.05, 4.69) is 10.3 Å². The van der Waals surface area contributed by atoms with Gasteiger partial charge in [-0.2, -0.15) is 0 Å². The standard InChI is InChI=1S/C18H18N4O2S/c1-10-9-22-15(12(3)20-18(22)25-10)7-8-16(23)21-14-6-4-5-13(11(14)2)17(19)24/h4-9H,1-3H3,(H2,19,24)(H,21,23)/b8-7-. The predicted molar refractivity (Wildman–Crippen MR) is 99.9 cm³/mol. The molecule has 2 heterocycles. The smallest absolute Gasteiger partial charge is 0.249 e. The second-order valence-corrected chi connectivity index (χ2v) is 6.96. The number of carbonyl (C=O) groups is 2. The van der Waals surface area contributed by atoms with Crippen molar-refractivity contribution in [1.82, 2.24) is 9.38 Å². The maximum absolute atomic E-state index is 12.3. The van der Waals surface area contributed by atoms with Crippen LogP contribution in [-0.2, 0) is 4.79 Å². The van der Waals surface area contributed by atoms with Gasteiger partial charge >= 0.3 is 0 Å². The van der Waals surface area contributed by atoms with E-state index in [4.69, 9.17) is 5.73 Å². The van der Waals surface area contributed by atoms with Crippen LogP contribution in [0.4, 0.5) is 5.69 Å². The third-order valence-corrected chi connectivity index (χ3v) is 4.81. The summed E-state index contributed by atoms with van der Waals surface area (Å²) in [6.45, 7) is 5.68. The van der Waals surface area contributed by atoms with Gasteiger partial charge in [-0.1, -0.05) is 6.07 Å². The van der Waals surface area contributed by atoms with E-state index in [1.807, 2.05) is 24.4 Å². The molecule has 1 aromatic carbocycles.